The highest BCUT2D eigenvalue weighted by molar-refractivity contribution is 7.89. The van der Waals surface area contributed by atoms with E-state index < -0.39 is 28.1 Å². The van der Waals surface area contributed by atoms with Crippen LogP contribution in [0, 0.1) is 6.92 Å². The van der Waals surface area contributed by atoms with E-state index >= 15 is 0 Å². The number of hydrogen-bond donors (Lipinski definition) is 1. The highest BCUT2D eigenvalue weighted by Gasteiger charge is 2.38. The minimum absolute atomic E-state index is 0.0980. The van der Waals surface area contributed by atoms with Crippen LogP contribution in [0.2, 0.25) is 0 Å². The van der Waals surface area contributed by atoms with Crippen LogP contribution >= 0.6 is 0 Å². The first-order chi connectivity index (χ1) is 12.8. The molecule has 148 valence electrons. The Morgan fingerprint density at radius 1 is 1.26 bits per heavy atom. The smallest absolute Gasteiger partial charge is 0.253 e. The van der Waals surface area contributed by atoms with Crippen LogP contribution in [0.25, 0.3) is 0 Å². The predicted octanol–water partition coefficient (Wildman–Crippen LogP) is 2.10. The van der Waals surface area contributed by atoms with Gasteiger partial charge in [-0.25, -0.2) is 8.42 Å². The molecule has 0 bridgehead atoms. The number of nitrogens with zero attached hydrogens (tertiary/aromatic N) is 2. The van der Waals surface area contributed by atoms with Crippen molar-refractivity contribution in [3.63, 3.8) is 0 Å². The number of aryl methyl sites for hydroxylation is 1. The van der Waals surface area contributed by atoms with Crippen molar-refractivity contribution >= 4 is 15.9 Å². The lowest BCUT2D eigenvalue weighted by Crippen LogP contribution is -2.52. The van der Waals surface area contributed by atoms with Crippen molar-refractivity contribution in [2.45, 2.75) is 43.2 Å². The van der Waals surface area contributed by atoms with Gasteiger partial charge >= 0.3 is 0 Å². The van der Waals surface area contributed by atoms with Crippen molar-refractivity contribution in [2.24, 2.45) is 0 Å². The lowest BCUT2D eigenvalue weighted by molar-refractivity contribution is -0.140. The van der Waals surface area contributed by atoms with E-state index in [0.29, 0.717) is 19.5 Å². The van der Waals surface area contributed by atoms with Crippen molar-refractivity contribution in [3.8, 4) is 0 Å². The summed E-state index contributed by atoms with van der Waals surface area (Å²) in [7, 11) is -3.92. The zero-order valence-corrected chi connectivity index (χ0v) is 16.6. The maximum absolute atomic E-state index is 13.2. The van der Waals surface area contributed by atoms with Gasteiger partial charge in [-0.05, 0) is 38.3 Å². The van der Waals surface area contributed by atoms with Gasteiger partial charge in [0.05, 0.1) is 10.9 Å². The maximum atomic E-state index is 13.2. The second-order valence-corrected chi connectivity index (χ2v) is 8.60. The molecule has 2 rings (SSSR count). The van der Waals surface area contributed by atoms with E-state index in [1.807, 2.05) is 6.92 Å². The Balaban J connectivity index is 2.36. The lowest BCUT2D eigenvalue weighted by atomic mass is 10.1. The van der Waals surface area contributed by atoms with Gasteiger partial charge in [0.15, 0.2) is 6.10 Å². The molecular formula is C20H28N2O4S. The van der Waals surface area contributed by atoms with Crippen LogP contribution in [0.4, 0.5) is 0 Å². The van der Waals surface area contributed by atoms with Crippen LogP contribution in [0.15, 0.2) is 54.5 Å². The topological polar surface area (TPSA) is 77.9 Å². The van der Waals surface area contributed by atoms with Gasteiger partial charge in [0.2, 0.25) is 10.0 Å². The number of amides is 1. The van der Waals surface area contributed by atoms with Crippen LogP contribution in [-0.4, -0.2) is 60.4 Å². The highest BCUT2D eigenvalue weighted by atomic mass is 32.2. The molecule has 0 aliphatic carbocycles. The van der Waals surface area contributed by atoms with Gasteiger partial charge in [-0.1, -0.05) is 29.8 Å². The van der Waals surface area contributed by atoms with Crippen molar-refractivity contribution in [3.05, 3.63) is 55.1 Å². The molecule has 1 N–H and O–H groups in total. The summed E-state index contributed by atoms with van der Waals surface area (Å²) < 4.78 is 27.6. The van der Waals surface area contributed by atoms with Gasteiger partial charge in [-0.2, -0.15) is 4.31 Å². The maximum Gasteiger partial charge on any atom is 0.253 e. The second-order valence-electron chi connectivity index (χ2n) is 6.71. The Hall–Kier alpha value is -1.96. The van der Waals surface area contributed by atoms with E-state index in [1.54, 1.807) is 23.1 Å². The van der Waals surface area contributed by atoms with E-state index in [0.717, 1.165) is 22.7 Å². The number of aliphatic hydroxyl groups excluding tert-OH is 1. The summed E-state index contributed by atoms with van der Waals surface area (Å²) in [5.74, 6) is -0.458. The molecular weight excluding hydrogens is 364 g/mol. The van der Waals surface area contributed by atoms with Crippen LogP contribution in [0.1, 0.15) is 24.8 Å². The number of carbonyl (C=O) groups is 1. The first-order valence-corrected chi connectivity index (χ1v) is 10.6. The fourth-order valence-electron chi connectivity index (χ4n) is 3.17. The molecule has 1 fully saturated rings. The first kappa shape index (κ1) is 21.3. The van der Waals surface area contributed by atoms with E-state index in [4.69, 9.17) is 0 Å². The molecule has 0 spiro atoms. The van der Waals surface area contributed by atoms with Crippen LogP contribution < -0.4 is 0 Å². The third kappa shape index (κ3) is 4.86. The fourth-order valence-corrected chi connectivity index (χ4v) is 4.79. The number of rotatable bonds is 9. The Morgan fingerprint density at radius 2 is 1.85 bits per heavy atom. The monoisotopic (exact) mass is 392 g/mol. The molecule has 7 heteroatoms. The van der Waals surface area contributed by atoms with E-state index in [9.17, 15) is 18.3 Å². The highest BCUT2D eigenvalue weighted by Crippen LogP contribution is 2.23. The average molecular weight is 393 g/mol. The normalized spacial score (nSPS) is 16.9. The predicted molar refractivity (Wildman–Crippen MR) is 106 cm³/mol. The molecule has 1 aliphatic heterocycles. The summed E-state index contributed by atoms with van der Waals surface area (Å²) in [5, 5.41) is 10.7. The molecule has 1 aliphatic rings. The lowest BCUT2D eigenvalue weighted by Gasteiger charge is -2.32. The summed E-state index contributed by atoms with van der Waals surface area (Å²) in [4.78, 5) is 14.3. The van der Waals surface area contributed by atoms with E-state index in [2.05, 4.69) is 13.2 Å². The van der Waals surface area contributed by atoms with E-state index in [1.165, 1.54) is 18.2 Å². The van der Waals surface area contributed by atoms with Crippen LogP contribution in [0.5, 0.6) is 0 Å². The van der Waals surface area contributed by atoms with Crippen molar-refractivity contribution in [2.75, 3.05) is 19.6 Å². The number of aliphatic hydroxyl groups is 1. The van der Waals surface area contributed by atoms with Gasteiger partial charge in [-0.15, -0.1) is 13.2 Å². The number of benzene rings is 1. The van der Waals surface area contributed by atoms with Crippen LogP contribution in [-0.2, 0) is 14.8 Å². The molecule has 0 aromatic heterocycles. The summed E-state index contributed by atoms with van der Waals surface area (Å²) in [6.45, 7) is 10.5. The molecule has 0 unspecified atom stereocenters. The third-order valence-corrected chi connectivity index (χ3v) is 6.66. The number of sulfonamides is 1. The van der Waals surface area contributed by atoms with E-state index in [-0.39, 0.29) is 11.4 Å². The molecule has 1 heterocycles. The Kier molecular flexibility index (Phi) is 7.35. The molecule has 1 aromatic carbocycles. The first-order valence-electron chi connectivity index (χ1n) is 9.11. The van der Waals surface area contributed by atoms with Gasteiger partial charge in [0.25, 0.3) is 5.91 Å². The summed E-state index contributed by atoms with van der Waals surface area (Å²) >= 11 is 0. The van der Waals surface area contributed by atoms with Gasteiger partial charge in [-0.3, -0.25) is 4.79 Å². The molecule has 1 saturated heterocycles. The molecule has 6 nitrogen and oxygen atoms in total. The van der Waals surface area contributed by atoms with Gasteiger partial charge in [0, 0.05) is 19.6 Å². The Labute approximate surface area is 161 Å². The fraction of sp³-hybridized carbons (Fsp3) is 0.450. The zero-order valence-electron chi connectivity index (χ0n) is 15.8. The number of likely N-dealkylation sites (tertiary alicyclic amines) is 1. The Morgan fingerprint density at radius 3 is 2.37 bits per heavy atom. The van der Waals surface area contributed by atoms with Crippen molar-refractivity contribution in [1.82, 2.24) is 9.21 Å². The molecule has 0 radical (unpaired) electrons. The summed E-state index contributed by atoms with van der Waals surface area (Å²) in [6, 6.07) is 5.44. The van der Waals surface area contributed by atoms with Crippen LogP contribution in [0.3, 0.4) is 0 Å². The quantitative estimate of drug-likeness (QED) is 0.653. The number of carbonyl (C=O) groups excluding carboxylic acids is 1. The average Bonchev–Trinajstić information content (AvgIpc) is 3.19. The zero-order chi connectivity index (χ0) is 20.0. The second kappa shape index (κ2) is 9.30. The minimum atomic E-state index is -3.92. The summed E-state index contributed by atoms with van der Waals surface area (Å²) in [5.41, 5.74) is 0.941. The van der Waals surface area contributed by atoms with Gasteiger partial charge < -0.3 is 10.0 Å². The van der Waals surface area contributed by atoms with Gasteiger partial charge in [0.1, 0.15) is 0 Å². The molecule has 27 heavy (non-hydrogen) atoms. The standard InChI is InChI=1S/C20H28N2O4S/c1-4-6-15-22(27(25,26)17-11-9-16(3)10-12-17)18(5-2)19(23)20(24)21-13-7-8-14-21/h4-5,9-12,18-19,23H,1-2,6-8,13-15H2,3H3/t18-,19+/m0/s1. The number of hydrogen-bond acceptors (Lipinski definition) is 4. The summed E-state index contributed by atoms with van der Waals surface area (Å²) in [6.07, 6.45) is 3.60. The minimum Gasteiger partial charge on any atom is -0.381 e. The van der Waals surface area contributed by atoms with Crippen molar-refractivity contribution < 1.29 is 18.3 Å². The molecule has 1 aromatic rings. The largest absolute Gasteiger partial charge is 0.381 e. The molecule has 1 amide bonds. The molecule has 0 saturated carbocycles. The van der Waals surface area contributed by atoms with Crippen molar-refractivity contribution in [1.29, 1.82) is 0 Å². The Bertz CT molecular complexity index is 768. The SMILES string of the molecule is C=CCCN([C@@H](C=C)[C@@H](O)C(=O)N1CCCC1)S(=O)(=O)c1ccc(C)cc1. The third-order valence-electron chi connectivity index (χ3n) is 4.75. The molecule has 2 atom stereocenters.